The van der Waals surface area contributed by atoms with Crippen LogP contribution in [-0.4, -0.2) is 29.6 Å². The van der Waals surface area contributed by atoms with Crippen LogP contribution in [0.2, 0.25) is 0 Å². The van der Waals surface area contributed by atoms with Gasteiger partial charge in [0.15, 0.2) is 0 Å². The molecule has 6 heteroatoms. The fraction of sp³-hybridized carbons (Fsp3) is 0.308. The maximum atomic E-state index is 11.0. The molecule has 0 spiro atoms. The minimum Gasteiger partial charge on any atom is -0.492 e. The van der Waals surface area contributed by atoms with Crippen LogP contribution in [0.15, 0.2) is 30.6 Å². The molecule has 0 saturated carbocycles. The zero-order chi connectivity index (χ0) is 13.7. The first-order valence-corrected chi connectivity index (χ1v) is 6.08. The van der Waals surface area contributed by atoms with Gasteiger partial charge in [-0.15, -0.1) is 0 Å². The molecule has 0 aliphatic rings. The molecular weight excluding hydrogens is 246 g/mol. The van der Waals surface area contributed by atoms with Crippen molar-refractivity contribution in [2.45, 2.75) is 6.92 Å². The zero-order valence-corrected chi connectivity index (χ0v) is 10.6. The molecule has 0 aliphatic carbocycles. The van der Waals surface area contributed by atoms with Crippen LogP contribution in [0.3, 0.4) is 0 Å². The van der Waals surface area contributed by atoms with Crippen molar-refractivity contribution in [1.82, 2.24) is 10.3 Å². The van der Waals surface area contributed by atoms with Gasteiger partial charge in [-0.05, 0) is 18.7 Å². The van der Waals surface area contributed by atoms with Crippen LogP contribution in [0.1, 0.15) is 6.92 Å². The van der Waals surface area contributed by atoms with E-state index in [9.17, 15) is 10.1 Å². The Kier molecular flexibility index (Phi) is 4.25. The first kappa shape index (κ1) is 13.2. The van der Waals surface area contributed by atoms with Crippen molar-refractivity contribution in [3.8, 4) is 5.75 Å². The Morgan fingerprint density at radius 2 is 2.21 bits per heavy atom. The van der Waals surface area contributed by atoms with E-state index in [0.29, 0.717) is 23.1 Å². The van der Waals surface area contributed by atoms with Gasteiger partial charge in [-0.2, -0.15) is 0 Å². The highest BCUT2D eigenvalue weighted by molar-refractivity contribution is 5.94. The van der Waals surface area contributed by atoms with E-state index in [4.69, 9.17) is 4.74 Å². The van der Waals surface area contributed by atoms with Crippen LogP contribution in [0.25, 0.3) is 10.8 Å². The molecule has 19 heavy (non-hydrogen) atoms. The van der Waals surface area contributed by atoms with E-state index < -0.39 is 4.92 Å². The summed E-state index contributed by atoms with van der Waals surface area (Å²) in [4.78, 5) is 14.6. The summed E-state index contributed by atoms with van der Waals surface area (Å²) in [5.41, 5.74) is 0.0661. The summed E-state index contributed by atoms with van der Waals surface area (Å²) in [5, 5.41) is 15.3. The number of nitrogens with zero attached hydrogens (tertiary/aromatic N) is 2. The van der Waals surface area contributed by atoms with Gasteiger partial charge in [-0.25, -0.2) is 0 Å². The average Bonchev–Trinajstić information content (AvgIpc) is 2.43. The van der Waals surface area contributed by atoms with Gasteiger partial charge in [-0.3, -0.25) is 15.1 Å². The molecular formula is C13H15N3O3. The fourth-order valence-electron chi connectivity index (χ4n) is 1.84. The SMILES string of the molecule is CCNCCOc1ccc([N+](=O)[O-])c2ccncc12. The van der Waals surface area contributed by atoms with Crippen LogP contribution in [-0.2, 0) is 0 Å². The predicted molar refractivity (Wildman–Crippen MR) is 72.4 cm³/mol. The van der Waals surface area contributed by atoms with Gasteiger partial charge < -0.3 is 10.1 Å². The number of likely N-dealkylation sites (N-methyl/N-ethyl adjacent to an activating group) is 1. The number of nitrogens with one attached hydrogen (secondary N) is 1. The minimum atomic E-state index is -0.398. The van der Waals surface area contributed by atoms with Gasteiger partial charge in [0.1, 0.15) is 12.4 Å². The third kappa shape index (κ3) is 2.97. The number of ether oxygens (including phenoxy) is 1. The predicted octanol–water partition coefficient (Wildman–Crippen LogP) is 2.13. The van der Waals surface area contributed by atoms with Gasteiger partial charge in [0.05, 0.1) is 10.3 Å². The second kappa shape index (κ2) is 6.10. The topological polar surface area (TPSA) is 77.3 Å². The Bertz CT molecular complexity index is 586. The number of aromatic nitrogens is 1. The van der Waals surface area contributed by atoms with Gasteiger partial charge in [0, 0.05) is 30.4 Å². The van der Waals surface area contributed by atoms with E-state index >= 15 is 0 Å². The van der Waals surface area contributed by atoms with Crippen LogP contribution in [0, 0.1) is 10.1 Å². The third-order valence-corrected chi connectivity index (χ3v) is 2.74. The summed E-state index contributed by atoms with van der Waals surface area (Å²) in [6, 6.07) is 4.71. The van der Waals surface area contributed by atoms with Crippen molar-refractivity contribution in [3.63, 3.8) is 0 Å². The smallest absolute Gasteiger partial charge is 0.277 e. The number of rotatable bonds is 6. The first-order chi connectivity index (χ1) is 9.24. The van der Waals surface area contributed by atoms with Crippen LogP contribution < -0.4 is 10.1 Å². The Hall–Kier alpha value is -2.21. The third-order valence-electron chi connectivity index (χ3n) is 2.74. The largest absolute Gasteiger partial charge is 0.492 e. The minimum absolute atomic E-state index is 0.0661. The number of hydrogen-bond acceptors (Lipinski definition) is 5. The molecule has 1 aromatic carbocycles. The molecule has 100 valence electrons. The normalized spacial score (nSPS) is 10.6. The molecule has 2 rings (SSSR count). The van der Waals surface area contributed by atoms with Crippen LogP contribution in [0.5, 0.6) is 5.75 Å². The molecule has 2 aromatic rings. The van der Waals surface area contributed by atoms with E-state index in [1.54, 1.807) is 18.3 Å². The maximum absolute atomic E-state index is 11.0. The van der Waals surface area contributed by atoms with Crippen molar-refractivity contribution in [2.75, 3.05) is 19.7 Å². The molecule has 0 bridgehead atoms. The van der Waals surface area contributed by atoms with Crippen LogP contribution in [0.4, 0.5) is 5.69 Å². The highest BCUT2D eigenvalue weighted by atomic mass is 16.6. The molecule has 0 saturated heterocycles. The summed E-state index contributed by atoms with van der Waals surface area (Å²) >= 11 is 0. The highest BCUT2D eigenvalue weighted by Gasteiger charge is 2.14. The molecule has 0 unspecified atom stereocenters. The van der Waals surface area contributed by atoms with E-state index in [1.165, 1.54) is 12.3 Å². The average molecular weight is 261 g/mol. The van der Waals surface area contributed by atoms with Gasteiger partial charge in [-0.1, -0.05) is 6.92 Å². The lowest BCUT2D eigenvalue weighted by Gasteiger charge is -2.09. The summed E-state index contributed by atoms with van der Waals surface area (Å²) < 4.78 is 5.63. The lowest BCUT2D eigenvalue weighted by molar-refractivity contribution is -0.383. The number of pyridine rings is 1. The molecule has 1 heterocycles. The quantitative estimate of drug-likeness (QED) is 0.489. The van der Waals surface area contributed by atoms with Crippen molar-refractivity contribution in [1.29, 1.82) is 0 Å². The monoisotopic (exact) mass is 261 g/mol. The Morgan fingerprint density at radius 1 is 1.37 bits per heavy atom. The van der Waals surface area contributed by atoms with E-state index in [1.807, 2.05) is 6.92 Å². The fourth-order valence-corrected chi connectivity index (χ4v) is 1.84. The van der Waals surface area contributed by atoms with Crippen molar-refractivity contribution < 1.29 is 9.66 Å². The molecule has 1 N–H and O–H groups in total. The number of fused-ring (bicyclic) bond motifs is 1. The Morgan fingerprint density at radius 3 is 2.95 bits per heavy atom. The van der Waals surface area contributed by atoms with E-state index in [0.717, 1.165) is 13.1 Å². The van der Waals surface area contributed by atoms with Crippen LogP contribution >= 0.6 is 0 Å². The van der Waals surface area contributed by atoms with E-state index in [2.05, 4.69) is 10.3 Å². The lowest BCUT2D eigenvalue weighted by Crippen LogP contribution is -2.20. The molecule has 0 amide bonds. The molecule has 0 aliphatic heterocycles. The standard InChI is InChI=1S/C13H15N3O3/c1-2-14-7-8-19-13-4-3-12(16(17)18)10-5-6-15-9-11(10)13/h3-6,9,14H,2,7-8H2,1H3. The Labute approximate surface area is 110 Å². The number of nitro groups is 1. The number of non-ortho nitro benzene ring substituents is 1. The van der Waals surface area contributed by atoms with Gasteiger partial charge in [0.2, 0.25) is 0 Å². The number of benzene rings is 1. The van der Waals surface area contributed by atoms with Crippen molar-refractivity contribution in [3.05, 3.63) is 40.7 Å². The maximum Gasteiger partial charge on any atom is 0.277 e. The van der Waals surface area contributed by atoms with Gasteiger partial charge >= 0.3 is 0 Å². The Balaban J connectivity index is 2.30. The molecule has 0 fully saturated rings. The first-order valence-electron chi connectivity index (χ1n) is 6.08. The summed E-state index contributed by atoms with van der Waals surface area (Å²) in [5.74, 6) is 0.617. The van der Waals surface area contributed by atoms with E-state index in [-0.39, 0.29) is 5.69 Å². The lowest BCUT2D eigenvalue weighted by atomic mass is 10.1. The summed E-state index contributed by atoms with van der Waals surface area (Å²) in [6.07, 6.45) is 3.13. The molecule has 0 radical (unpaired) electrons. The highest BCUT2D eigenvalue weighted by Crippen LogP contribution is 2.31. The number of hydrogen-bond donors (Lipinski definition) is 1. The zero-order valence-electron chi connectivity index (χ0n) is 10.6. The van der Waals surface area contributed by atoms with Crippen molar-refractivity contribution >= 4 is 16.5 Å². The summed E-state index contributed by atoms with van der Waals surface area (Å²) in [7, 11) is 0. The molecule has 6 nitrogen and oxygen atoms in total. The van der Waals surface area contributed by atoms with Crippen molar-refractivity contribution in [2.24, 2.45) is 0 Å². The molecule has 0 atom stereocenters. The second-order valence-electron chi connectivity index (χ2n) is 3.96. The number of nitro benzene ring substituents is 1. The second-order valence-corrected chi connectivity index (χ2v) is 3.96. The summed E-state index contributed by atoms with van der Waals surface area (Å²) in [6.45, 7) is 4.14. The molecule has 1 aromatic heterocycles. The van der Waals surface area contributed by atoms with Gasteiger partial charge in [0.25, 0.3) is 5.69 Å².